The van der Waals surface area contributed by atoms with E-state index in [9.17, 15) is 0 Å². The molecule has 2 heterocycles. The van der Waals surface area contributed by atoms with Crippen LogP contribution in [0.3, 0.4) is 0 Å². The minimum atomic E-state index is 0.843. The summed E-state index contributed by atoms with van der Waals surface area (Å²) in [6.07, 6.45) is 0. The molecule has 4 heteroatoms. The Morgan fingerprint density at radius 3 is 2.46 bits per heavy atom. The average molecular weight is 426 g/mol. The van der Waals surface area contributed by atoms with Crippen molar-refractivity contribution in [3.63, 3.8) is 0 Å². The molecule has 2 aromatic heterocycles. The van der Waals surface area contributed by atoms with Crippen molar-refractivity contribution in [2.24, 2.45) is 0 Å². The molecule has 0 aliphatic heterocycles. The first-order valence-electron chi connectivity index (χ1n) is 7.64. The standard InChI is InChI=1S/C20H15IN2O/c1-24-17-9-5-8-15(12-17)20-18(21)11-10-16-13-19(22-23(16)20)14-6-3-2-4-7-14/h2-13H,1H3. The Hall–Kier alpha value is -2.34. The molecule has 0 unspecified atom stereocenters. The molecule has 0 radical (unpaired) electrons. The van der Waals surface area contributed by atoms with Gasteiger partial charge in [0.25, 0.3) is 0 Å². The lowest BCUT2D eigenvalue weighted by molar-refractivity contribution is 0.415. The number of benzene rings is 2. The van der Waals surface area contributed by atoms with Crippen molar-refractivity contribution in [3.05, 3.63) is 76.4 Å². The number of hydrogen-bond donors (Lipinski definition) is 0. The van der Waals surface area contributed by atoms with Gasteiger partial charge < -0.3 is 4.74 Å². The second-order valence-corrected chi connectivity index (χ2v) is 6.66. The maximum atomic E-state index is 5.37. The molecule has 0 bridgehead atoms. The lowest BCUT2D eigenvalue weighted by Crippen LogP contribution is -1.97. The SMILES string of the molecule is COc1cccc(-c2c(I)ccc3cc(-c4ccccc4)nn23)c1. The zero-order chi connectivity index (χ0) is 16.5. The fourth-order valence-corrected chi connectivity index (χ4v) is 3.53. The van der Waals surface area contributed by atoms with Gasteiger partial charge in [-0.3, -0.25) is 0 Å². The van der Waals surface area contributed by atoms with Crippen molar-refractivity contribution < 1.29 is 4.74 Å². The summed E-state index contributed by atoms with van der Waals surface area (Å²) in [4.78, 5) is 0. The Balaban J connectivity index is 1.94. The summed E-state index contributed by atoms with van der Waals surface area (Å²) >= 11 is 2.36. The highest BCUT2D eigenvalue weighted by molar-refractivity contribution is 14.1. The van der Waals surface area contributed by atoms with Crippen molar-refractivity contribution in [3.8, 4) is 28.3 Å². The Morgan fingerprint density at radius 1 is 0.875 bits per heavy atom. The summed E-state index contributed by atoms with van der Waals surface area (Å²) in [5, 5.41) is 4.85. The molecular formula is C20H15IN2O. The van der Waals surface area contributed by atoms with Gasteiger partial charge in [0.2, 0.25) is 0 Å². The van der Waals surface area contributed by atoms with Crippen LogP contribution in [-0.2, 0) is 0 Å². The number of hydrogen-bond acceptors (Lipinski definition) is 2. The van der Waals surface area contributed by atoms with E-state index >= 15 is 0 Å². The molecule has 0 saturated heterocycles. The first-order chi connectivity index (χ1) is 11.8. The average Bonchev–Trinajstić information content (AvgIpc) is 3.06. The molecule has 0 aliphatic carbocycles. The van der Waals surface area contributed by atoms with E-state index < -0.39 is 0 Å². The molecule has 4 rings (SSSR count). The van der Waals surface area contributed by atoms with Crippen molar-refractivity contribution in [1.29, 1.82) is 0 Å². The molecule has 0 fully saturated rings. The third-order valence-electron chi connectivity index (χ3n) is 3.99. The van der Waals surface area contributed by atoms with E-state index in [0.717, 1.165) is 37.4 Å². The van der Waals surface area contributed by atoms with Gasteiger partial charge in [0, 0.05) is 14.7 Å². The van der Waals surface area contributed by atoms with Crippen LogP contribution in [0.4, 0.5) is 0 Å². The number of pyridine rings is 1. The minimum absolute atomic E-state index is 0.843. The predicted molar refractivity (Wildman–Crippen MR) is 105 cm³/mol. The summed E-state index contributed by atoms with van der Waals surface area (Å²) in [6.45, 7) is 0. The molecule has 0 amide bonds. The predicted octanol–water partition coefficient (Wildman–Crippen LogP) is 5.28. The van der Waals surface area contributed by atoms with Gasteiger partial charge in [-0.1, -0.05) is 42.5 Å². The van der Waals surface area contributed by atoms with E-state index in [1.54, 1.807) is 7.11 Å². The number of ether oxygens (including phenoxy) is 1. The Bertz CT molecular complexity index is 1010. The largest absolute Gasteiger partial charge is 0.497 e. The van der Waals surface area contributed by atoms with Gasteiger partial charge in [0.15, 0.2) is 0 Å². The number of aromatic nitrogens is 2. The molecule has 0 spiro atoms. The number of nitrogens with zero attached hydrogens (tertiary/aromatic N) is 2. The van der Waals surface area contributed by atoms with Gasteiger partial charge in [-0.15, -0.1) is 0 Å². The number of methoxy groups -OCH3 is 1. The molecule has 0 saturated carbocycles. The van der Waals surface area contributed by atoms with Gasteiger partial charge in [-0.05, 0) is 52.9 Å². The van der Waals surface area contributed by atoms with E-state index in [4.69, 9.17) is 9.84 Å². The van der Waals surface area contributed by atoms with Crippen LogP contribution in [0.1, 0.15) is 0 Å². The second kappa shape index (κ2) is 6.28. The molecular weight excluding hydrogens is 411 g/mol. The van der Waals surface area contributed by atoms with Crippen molar-refractivity contribution in [2.75, 3.05) is 7.11 Å². The van der Waals surface area contributed by atoms with E-state index in [1.165, 1.54) is 0 Å². The Labute approximate surface area is 154 Å². The van der Waals surface area contributed by atoms with Crippen LogP contribution in [0, 0.1) is 3.57 Å². The zero-order valence-electron chi connectivity index (χ0n) is 13.1. The highest BCUT2D eigenvalue weighted by Crippen LogP contribution is 2.30. The highest BCUT2D eigenvalue weighted by atomic mass is 127. The number of fused-ring (bicyclic) bond motifs is 1. The first kappa shape index (κ1) is 15.2. The summed E-state index contributed by atoms with van der Waals surface area (Å²) in [6, 6.07) is 24.7. The van der Waals surface area contributed by atoms with Gasteiger partial charge >= 0.3 is 0 Å². The third-order valence-corrected chi connectivity index (χ3v) is 4.86. The van der Waals surface area contributed by atoms with Crippen LogP contribution >= 0.6 is 22.6 Å². The van der Waals surface area contributed by atoms with E-state index in [-0.39, 0.29) is 0 Å². The fourth-order valence-electron chi connectivity index (χ4n) is 2.81. The maximum Gasteiger partial charge on any atom is 0.119 e. The van der Waals surface area contributed by atoms with Crippen molar-refractivity contribution in [1.82, 2.24) is 9.61 Å². The molecule has 118 valence electrons. The van der Waals surface area contributed by atoms with Crippen LogP contribution in [0.2, 0.25) is 0 Å². The monoisotopic (exact) mass is 426 g/mol. The summed E-state index contributed by atoms with van der Waals surface area (Å²) in [5.41, 5.74) is 5.34. The first-order valence-corrected chi connectivity index (χ1v) is 8.72. The molecule has 24 heavy (non-hydrogen) atoms. The topological polar surface area (TPSA) is 26.5 Å². The Morgan fingerprint density at radius 2 is 1.67 bits per heavy atom. The van der Waals surface area contributed by atoms with Crippen molar-refractivity contribution in [2.45, 2.75) is 0 Å². The molecule has 0 atom stereocenters. The molecule has 3 nitrogen and oxygen atoms in total. The smallest absolute Gasteiger partial charge is 0.119 e. The van der Waals surface area contributed by atoms with Gasteiger partial charge in [-0.25, -0.2) is 4.52 Å². The zero-order valence-corrected chi connectivity index (χ0v) is 15.3. The summed E-state index contributed by atoms with van der Waals surface area (Å²) < 4.78 is 8.53. The number of rotatable bonds is 3. The van der Waals surface area contributed by atoms with Crippen LogP contribution in [0.5, 0.6) is 5.75 Å². The van der Waals surface area contributed by atoms with Gasteiger partial charge in [0.05, 0.1) is 24.0 Å². The molecule has 4 aromatic rings. The second-order valence-electron chi connectivity index (χ2n) is 5.49. The Kier molecular flexibility index (Phi) is 3.98. The molecule has 0 aliphatic rings. The van der Waals surface area contributed by atoms with Gasteiger partial charge in [0.1, 0.15) is 5.75 Å². The highest BCUT2D eigenvalue weighted by Gasteiger charge is 2.12. The fraction of sp³-hybridized carbons (Fsp3) is 0.0500. The van der Waals surface area contributed by atoms with Gasteiger partial charge in [-0.2, -0.15) is 5.10 Å². The quantitative estimate of drug-likeness (QED) is 0.417. The van der Waals surface area contributed by atoms with Crippen LogP contribution in [0.15, 0.2) is 72.8 Å². The van der Waals surface area contributed by atoms with Crippen LogP contribution in [0.25, 0.3) is 28.0 Å². The number of halogens is 1. The van der Waals surface area contributed by atoms with E-state index in [1.807, 2.05) is 40.9 Å². The normalized spacial score (nSPS) is 10.9. The third kappa shape index (κ3) is 2.67. The summed E-state index contributed by atoms with van der Waals surface area (Å²) in [5.74, 6) is 0.843. The van der Waals surface area contributed by atoms with Crippen LogP contribution < -0.4 is 4.74 Å². The molecule has 0 N–H and O–H groups in total. The minimum Gasteiger partial charge on any atom is -0.497 e. The van der Waals surface area contributed by atoms with Crippen molar-refractivity contribution >= 4 is 28.1 Å². The maximum absolute atomic E-state index is 5.37. The van der Waals surface area contributed by atoms with E-state index in [2.05, 4.69) is 59.0 Å². The molecule has 2 aromatic carbocycles. The lowest BCUT2D eigenvalue weighted by atomic mass is 10.1. The van der Waals surface area contributed by atoms with Crippen LogP contribution in [-0.4, -0.2) is 16.7 Å². The van der Waals surface area contributed by atoms with E-state index in [0.29, 0.717) is 0 Å². The summed E-state index contributed by atoms with van der Waals surface area (Å²) in [7, 11) is 1.69. The lowest BCUT2D eigenvalue weighted by Gasteiger charge is -2.09.